The first-order valence-electron chi connectivity index (χ1n) is 8.17. The van der Waals surface area contributed by atoms with Crippen molar-refractivity contribution in [2.24, 2.45) is 0 Å². The number of anilines is 3. The lowest BCUT2D eigenvalue weighted by Crippen LogP contribution is -2.13. The van der Waals surface area contributed by atoms with Crippen molar-refractivity contribution in [2.45, 2.75) is 13.8 Å². The molecule has 0 fully saturated rings. The molecule has 1 aromatic heterocycles. The second kappa shape index (κ2) is 7.65. The number of carbonyl (C=O) groups excluding carboxylic acids is 1. The highest BCUT2D eigenvalue weighted by atomic mass is 16.5. The summed E-state index contributed by atoms with van der Waals surface area (Å²) in [5, 5.41) is 5.97. The highest BCUT2D eigenvalue weighted by Gasteiger charge is 2.09. The van der Waals surface area contributed by atoms with Gasteiger partial charge < -0.3 is 15.4 Å². The van der Waals surface area contributed by atoms with Crippen molar-refractivity contribution >= 4 is 23.2 Å². The van der Waals surface area contributed by atoms with E-state index in [1.54, 1.807) is 31.4 Å². The van der Waals surface area contributed by atoms with Gasteiger partial charge in [-0.05, 0) is 55.3 Å². The van der Waals surface area contributed by atoms with Crippen molar-refractivity contribution in [3.8, 4) is 5.75 Å². The van der Waals surface area contributed by atoms with E-state index in [1.807, 2.05) is 32.0 Å². The maximum atomic E-state index is 12.3. The van der Waals surface area contributed by atoms with E-state index < -0.39 is 0 Å². The maximum Gasteiger partial charge on any atom is 0.258 e. The van der Waals surface area contributed by atoms with Crippen molar-refractivity contribution in [2.75, 3.05) is 17.7 Å². The van der Waals surface area contributed by atoms with E-state index in [0.717, 1.165) is 22.6 Å². The molecule has 0 aliphatic carbocycles. The largest absolute Gasteiger partial charge is 0.497 e. The third-order valence-corrected chi connectivity index (χ3v) is 3.90. The lowest BCUT2D eigenvalue weighted by molar-refractivity contribution is 0.102. The van der Waals surface area contributed by atoms with Gasteiger partial charge in [-0.2, -0.15) is 0 Å². The molecule has 0 spiro atoms. The van der Waals surface area contributed by atoms with Gasteiger partial charge in [-0.3, -0.25) is 4.79 Å². The summed E-state index contributed by atoms with van der Waals surface area (Å²) in [5.74, 6) is 0.904. The molecule has 26 heavy (non-hydrogen) atoms. The molecular weight excluding hydrogens is 328 g/mol. The summed E-state index contributed by atoms with van der Waals surface area (Å²) in [6, 6.07) is 13.2. The van der Waals surface area contributed by atoms with E-state index in [4.69, 9.17) is 4.74 Å². The second-order valence-corrected chi connectivity index (χ2v) is 5.92. The third-order valence-electron chi connectivity index (χ3n) is 3.90. The molecule has 0 aliphatic rings. The molecule has 0 bridgehead atoms. The zero-order valence-corrected chi connectivity index (χ0v) is 14.9. The number of benzene rings is 2. The molecule has 0 saturated carbocycles. The fourth-order valence-electron chi connectivity index (χ4n) is 2.38. The molecule has 2 aromatic carbocycles. The maximum absolute atomic E-state index is 12.3. The van der Waals surface area contributed by atoms with Gasteiger partial charge in [0.2, 0.25) is 5.95 Å². The summed E-state index contributed by atoms with van der Waals surface area (Å²) in [5.41, 5.74) is 4.25. The number of aromatic nitrogens is 2. The quantitative estimate of drug-likeness (QED) is 0.726. The summed E-state index contributed by atoms with van der Waals surface area (Å²) in [7, 11) is 1.60. The van der Waals surface area contributed by atoms with Crippen molar-refractivity contribution in [3.05, 3.63) is 71.5 Å². The minimum atomic E-state index is -0.270. The SMILES string of the molecule is COc1ccc(NC(=O)c2cnc(Nc3cc(C)ccc3C)nc2)cc1. The summed E-state index contributed by atoms with van der Waals surface area (Å²) in [6.07, 6.45) is 3.00. The van der Waals surface area contributed by atoms with Gasteiger partial charge in [-0.25, -0.2) is 9.97 Å². The van der Waals surface area contributed by atoms with Crippen molar-refractivity contribution < 1.29 is 9.53 Å². The zero-order valence-electron chi connectivity index (χ0n) is 14.9. The van der Waals surface area contributed by atoms with Gasteiger partial charge in [0, 0.05) is 23.8 Å². The minimum absolute atomic E-state index is 0.270. The van der Waals surface area contributed by atoms with Crippen LogP contribution in [0.15, 0.2) is 54.9 Å². The van der Waals surface area contributed by atoms with Crippen LogP contribution in [-0.4, -0.2) is 23.0 Å². The minimum Gasteiger partial charge on any atom is -0.497 e. The lowest BCUT2D eigenvalue weighted by atomic mass is 10.1. The van der Waals surface area contributed by atoms with Gasteiger partial charge in [0.05, 0.1) is 12.7 Å². The van der Waals surface area contributed by atoms with E-state index in [1.165, 1.54) is 12.4 Å². The molecule has 0 radical (unpaired) electrons. The molecule has 3 aromatic rings. The van der Waals surface area contributed by atoms with E-state index in [0.29, 0.717) is 17.2 Å². The molecule has 0 aliphatic heterocycles. The Morgan fingerprint density at radius 1 is 1.00 bits per heavy atom. The fourth-order valence-corrected chi connectivity index (χ4v) is 2.38. The van der Waals surface area contributed by atoms with Gasteiger partial charge in [-0.1, -0.05) is 12.1 Å². The van der Waals surface area contributed by atoms with Gasteiger partial charge >= 0.3 is 0 Å². The van der Waals surface area contributed by atoms with Crippen LogP contribution < -0.4 is 15.4 Å². The van der Waals surface area contributed by atoms with Crippen LogP contribution in [0.25, 0.3) is 0 Å². The number of nitrogens with zero attached hydrogens (tertiary/aromatic N) is 2. The van der Waals surface area contributed by atoms with Gasteiger partial charge in [0.1, 0.15) is 5.75 Å². The average molecular weight is 348 g/mol. The monoisotopic (exact) mass is 348 g/mol. The Labute approximate surface area is 152 Å². The molecule has 1 amide bonds. The van der Waals surface area contributed by atoms with Gasteiger partial charge in [0.25, 0.3) is 5.91 Å². The van der Waals surface area contributed by atoms with Gasteiger partial charge in [-0.15, -0.1) is 0 Å². The molecule has 0 unspecified atom stereocenters. The highest BCUT2D eigenvalue weighted by Crippen LogP contribution is 2.20. The first-order chi connectivity index (χ1) is 12.5. The Hall–Kier alpha value is -3.41. The smallest absolute Gasteiger partial charge is 0.258 e. The molecule has 6 nitrogen and oxygen atoms in total. The first kappa shape index (κ1) is 17.4. The Bertz CT molecular complexity index is 906. The van der Waals surface area contributed by atoms with Crippen molar-refractivity contribution in [3.63, 3.8) is 0 Å². The van der Waals surface area contributed by atoms with E-state index in [-0.39, 0.29) is 5.91 Å². The average Bonchev–Trinajstić information content (AvgIpc) is 2.66. The Morgan fingerprint density at radius 2 is 1.69 bits per heavy atom. The van der Waals surface area contributed by atoms with Crippen LogP contribution in [0.5, 0.6) is 5.75 Å². The molecule has 132 valence electrons. The normalized spacial score (nSPS) is 10.3. The number of aryl methyl sites for hydroxylation is 2. The standard InChI is InChI=1S/C20H20N4O2/c1-13-4-5-14(2)18(10-13)24-20-21-11-15(12-22-20)19(25)23-16-6-8-17(26-3)9-7-16/h4-12H,1-3H3,(H,23,25)(H,21,22,24). The third kappa shape index (κ3) is 4.16. The highest BCUT2D eigenvalue weighted by molar-refractivity contribution is 6.03. The summed E-state index contributed by atoms with van der Waals surface area (Å²) >= 11 is 0. The Kier molecular flexibility index (Phi) is 5.12. The molecule has 0 atom stereocenters. The van der Waals surface area contributed by atoms with Crippen LogP contribution in [0.2, 0.25) is 0 Å². The molecule has 3 rings (SSSR count). The number of ether oxygens (including phenoxy) is 1. The van der Waals surface area contributed by atoms with Crippen LogP contribution in [0.4, 0.5) is 17.3 Å². The van der Waals surface area contributed by atoms with Crippen LogP contribution in [0, 0.1) is 13.8 Å². The number of nitrogens with one attached hydrogen (secondary N) is 2. The van der Waals surface area contributed by atoms with Crippen LogP contribution in [0.1, 0.15) is 21.5 Å². The molecule has 6 heteroatoms. The number of hydrogen-bond donors (Lipinski definition) is 2. The van der Waals surface area contributed by atoms with E-state index in [2.05, 4.69) is 20.6 Å². The molecule has 2 N–H and O–H groups in total. The molecular formula is C20H20N4O2. The Morgan fingerprint density at radius 3 is 2.35 bits per heavy atom. The summed E-state index contributed by atoms with van der Waals surface area (Å²) in [6.45, 7) is 4.04. The van der Waals surface area contributed by atoms with Crippen molar-refractivity contribution in [1.82, 2.24) is 9.97 Å². The van der Waals surface area contributed by atoms with E-state index >= 15 is 0 Å². The lowest BCUT2D eigenvalue weighted by Gasteiger charge is -2.10. The molecule has 1 heterocycles. The number of amides is 1. The topological polar surface area (TPSA) is 76.1 Å². The van der Waals surface area contributed by atoms with Crippen molar-refractivity contribution in [1.29, 1.82) is 0 Å². The second-order valence-electron chi connectivity index (χ2n) is 5.92. The van der Waals surface area contributed by atoms with Crippen LogP contribution in [-0.2, 0) is 0 Å². The summed E-state index contributed by atoms with van der Waals surface area (Å²) in [4.78, 5) is 20.8. The zero-order chi connectivity index (χ0) is 18.5. The Balaban J connectivity index is 1.68. The number of methoxy groups -OCH3 is 1. The predicted octanol–water partition coefficient (Wildman–Crippen LogP) is 4.10. The molecule has 0 saturated heterocycles. The van der Waals surface area contributed by atoms with Crippen LogP contribution >= 0.6 is 0 Å². The summed E-state index contributed by atoms with van der Waals surface area (Å²) < 4.78 is 5.10. The predicted molar refractivity (Wildman–Crippen MR) is 102 cm³/mol. The number of rotatable bonds is 5. The van der Waals surface area contributed by atoms with E-state index in [9.17, 15) is 4.79 Å². The van der Waals surface area contributed by atoms with Gasteiger partial charge in [0.15, 0.2) is 0 Å². The number of hydrogen-bond acceptors (Lipinski definition) is 5. The first-order valence-corrected chi connectivity index (χ1v) is 8.17. The van der Waals surface area contributed by atoms with Crippen LogP contribution in [0.3, 0.4) is 0 Å². The fraction of sp³-hybridized carbons (Fsp3) is 0.150. The number of carbonyl (C=O) groups is 1.